The van der Waals surface area contributed by atoms with Crippen molar-refractivity contribution in [3.05, 3.63) is 132 Å². The van der Waals surface area contributed by atoms with Crippen molar-refractivity contribution >= 4 is 34.4 Å². The van der Waals surface area contributed by atoms with Gasteiger partial charge in [-0.1, -0.05) is 86.6 Å². The summed E-state index contributed by atoms with van der Waals surface area (Å²) in [6, 6.07) is 40.6. The van der Waals surface area contributed by atoms with Gasteiger partial charge in [-0.05, 0) is 75.2 Å². The molecule has 0 unspecified atom stereocenters. The van der Waals surface area contributed by atoms with Gasteiger partial charge < -0.3 is 9.47 Å². The Hall–Kier alpha value is -5.76. The minimum absolute atomic E-state index is 0.509. The van der Waals surface area contributed by atoms with E-state index in [0.29, 0.717) is 47.7 Å². The van der Waals surface area contributed by atoms with E-state index in [9.17, 15) is 0 Å². The van der Waals surface area contributed by atoms with E-state index < -0.39 is 0 Å². The van der Waals surface area contributed by atoms with Crippen molar-refractivity contribution in [2.45, 2.75) is 40.5 Å². The number of para-hydroxylation sites is 4. The van der Waals surface area contributed by atoms with Crippen molar-refractivity contribution in [2.24, 2.45) is 0 Å². The molecule has 0 saturated carbocycles. The number of hydrogen-bond acceptors (Lipinski definition) is 8. The zero-order valence-corrected chi connectivity index (χ0v) is 27.9. The van der Waals surface area contributed by atoms with Crippen LogP contribution in [0.3, 0.4) is 0 Å². The minimum Gasteiger partial charge on any atom is -0.491 e. The van der Waals surface area contributed by atoms with Crippen molar-refractivity contribution in [1.29, 1.82) is 0 Å². The summed E-state index contributed by atoms with van der Waals surface area (Å²) >= 11 is 0. The SMILES string of the molecule is CCCOc1c(-c2nnc(N(c3ccccc3)c3ccccc3)c(OCCC)c2C)nnc(N(c2ccccc2)c2ccccc2)c1C. The quantitative estimate of drug-likeness (QED) is 0.124. The predicted octanol–water partition coefficient (Wildman–Crippen LogP) is 10.1. The molecule has 48 heavy (non-hydrogen) atoms. The maximum absolute atomic E-state index is 6.49. The molecule has 0 saturated heterocycles. The summed E-state index contributed by atoms with van der Waals surface area (Å²) in [5.74, 6) is 2.52. The highest BCUT2D eigenvalue weighted by molar-refractivity contribution is 5.83. The number of anilines is 6. The van der Waals surface area contributed by atoms with Gasteiger partial charge >= 0.3 is 0 Å². The first-order valence-electron chi connectivity index (χ1n) is 16.4. The van der Waals surface area contributed by atoms with E-state index in [1.807, 2.05) is 86.6 Å². The van der Waals surface area contributed by atoms with Crippen LogP contribution < -0.4 is 19.3 Å². The van der Waals surface area contributed by atoms with Crippen LogP contribution in [0, 0.1) is 13.8 Å². The molecule has 0 aliphatic heterocycles. The maximum atomic E-state index is 6.49. The lowest BCUT2D eigenvalue weighted by Gasteiger charge is -2.28. The number of aromatic nitrogens is 4. The van der Waals surface area contributed by atoms with Crippen molar-refractivity contribution in [2.75, 3.05) is 23.0 Å². The molecule has 242 valence electrons. The summed E-state index contributed by atoms with van der Waals surface area (Å²) in [5.41, 5.74) is 6.55. The summed E-state index contributed by atoms with van der Waals surface area (Å²) in [7, 11) is 0. The minimum atomic E-state index is 0.509. The Morgan fingerprint density at radius 3 is 1.25 bits per heavy atom. The summed E-state index contributed by atoms with van der Waals surface area (Å²) in [4.78, 5) is 4.17. The largest absolute Gasteiger partial charge is 0.491 e. The molecule has 0 atom stereocenters. The Kier molecular flexibility index (Phi) is 10.2. The zero-order chi connectivity index (χ0) is 33.3. The van der Waals surface area contributed by atoms with Crippen LogP contribution in [-0.2, 0) is 0 Å². The predicted molar refractivity (Wildman–Crippen MR) is 193 cm³/mol. The maximum Gasteiger partial charge on any atom is 0.203 e. The highest BCUT2D eigenvalue weighted by atomic mass is 16.5. The molecule has 6 aromatic rings. The van der Waals surface area contributed by atoms with Crippen LogP contribution >= 0.6 is 0 Å². The number of ether oxygens (including phenoxy) is 2. The van der Waals surface area contributed by atoms with Gasteiger partial charge in [0.15, 0.2) is 23.0 Å². The van der Waals surface area contributed by atoms with Crippen molar-refractivity contribution in [3.63, 3.8) is 0 Å². The number of hydrogen-bond donors (Lipinski definition) is 0. The van der Waals surface area contributed by atoms with Gasteiger partial charge in [-0.15, -0.1) is 20.4 Å². The molecule has 0 radical (unpaired) electrons. The average molecular weight is 637 g/mol. The molecule has 0 amide bonds. The second kappa shape index (κ2) is 15.2. The van der Waals surface area contributed by atoms with Gasteiger partial charge in [0.1, 0.15) is 5.69 Å². The average Bonchev–Trinajstić information content (AvgIpc) is 3.14. The first kappa shape index (κ1) is 32.2. The van der Waals surface area contributed by atoms with Gasteiger partial charge in [0.2, 0.25) is 5.82 Å². The third-order valence-corrected chi connectivity index (χ3v) is 7.89. The standard InChI is InChI=1S/C40H40N6O2/c1-5-27-47-37-30(4)39(45(31-19-11-7-12-20-31)32-21-13-8-14-22-32)43-42-36(37)35-29(3)38(48-28-6-2)40(44-41-35)46(33-23-15-9-16-24-33)34-25-17-10-18-26-34/h7-26H,5-6,27-28H2,1-4H3. The van der Waals surface area contributed by atoms with Gasteiger partial charge in [0.25, 0.3) is 0 Å². The normalized spacial score (nSPS) is 10.8. The second-order valence-corrected chi connectivity index (χ2v) is 11.4. The molecule has 2 heterocycles. The molecule has 2 aromatic heterocycles. The summed E-state index contributed by atoms with van der Waals surface area (Å²) < 4.78 is 13.0. The highest BCUT2D eigenvalue weighted by Crippen LogP contribution is 2.45. The van der Waals surface area contributed by atoms with E-state index >= 15 is 0 Å². The number of nitrogens with zero attached hydrogens (tertiary/aromatic N) is 6. The van der Waals surface area contributed by atoms with Gasteiger partial charge in [0.05, 0.1) is 13.2 Å². The number of benzene rings is 4. The zero-order valence-electron chi connectivity index (χ0n) is 27.9. The van der Waals surface area contributed by atoms with Gasteiger partial charge in [0, 0.05) is 33.9 Å². The molecule has 8 heteroatoms. The fraction of sp³-hybridized carbons (Fsp3) is 0.200. The van der Waals surface area contributed by atoms with Gasteiger partial charge in [-0.25, -0.2) is 0 Å². The Morgan fingerprint density at radius 1 is 0.438 bits per heavy atom. The van der Waals surface area contributed by atoms with Crippen LogP contribution in [0.25, 0.3) is 11.4 Å². The summed E-state index contributed by atoms with van der Waals surface area (Å²) in [6.07, 6.45) is 1.66. The molecule has 0 aliphatic rings. The smallest absolute Gasteiger partial charge is 0.203 e. The lowest BCUT2D eigenvalue weighted by molar-refractivity contribution is 0.312. The lowest BCUT2D eigenvalue weighted by atomic mass is 10.1. The summed E-state index contributed by atoms with van der Waals surface area (Å²) in [5, 5.41) is 19.3. The van der Waals surface area contributed by atoms with Crippen LogP contribution in [0.5, 0.6) is 11.5 Å². The van der Waals surface area contributed by atoms with Crippen molar-refractivity contribution in [1.82, 2.24) is 20.4 Å². The first-order chi connectivity index (χ1) is 23.6. The van der Waals surface area contributed by atoms with Crippen molar-refractivity contribution < 1.29 is 9.47 Å². The molecule has 6 rings (SSSR count). The topological polar surface area (TPSA) is 76.5 Å². The van der Waals surface area contributed by atoms with E-state index in [-0.39, 0.29) is 0 Å². The van der Waals surface area contributed by atoms with Crippen LogP contribution in [0.2, 0.25) is 0 Å². The molecule has 0 spiro atoms. The molecule has 0 bridgehead atoms. The van der Waals surface area contributed by atoms with Crippen LogP contribution in [0.15, 0.2) is 121 Å². The molecule has 0 aliphatic carbocycles. The molecular weight excluding hydrogens is 596 g/mol. The fourth-order valence-electron chi connectivity index (χ4n) is 5.58. The van der Waals surface area contributed by atoms with Crippen LogP contribution in [-0.4, -0.2) is 33.6 Å². The van der Waals surface area contributed by atoms with Crippen LogP contribution in [0.4, 0.5) is 34.4 Å². The number of rotatable bonds is 13. The molecule has 0 N–H and O–H groups in total. The van der Waals surface area contributed by atoms with E-state index in [4.69, 9.17) is 29.9 Å². The van der Waals surface area contributed by atoms with E-state index in [1.165, 1.54) is 0 Å². The molecule has 8 nitrogen and oxygen atoms in total. The van der Waals surface area contributed by atoms with E-state index in [2.05, 4.69) is 72.2 Å². The Morgan fingerprint density at radius 2 is 0.812 bits per heavy atom. The van der Waals surface area contributed by atoms with Gasteiger partial charge in [-0.3, -0.25) is 9.80 Å². The Bertz CT molecular complexity index is 1840. The van der Waals surface area contributed by atoms with E-state index in [0.717, 1.165) is 46.7 Å². The second-order valence-electron chi connectivity index (χ2n) is 11.4. The third kappa shape index (κ3) is 6.69. The fourth-order valence-corrected chi connectivity index (χ4v) is 5.58. The Labute approximate surface area is 282 Å². The lowest BCUT2D eigenvalue weighted by Crippen LogP contribution is -2.17. The molecular formula is C40H40N6O2. The Balaban J connectivity index is 1.53. The van der Waals surface area contributed by atoms with E-state index in [1.54, 1.807) is 0 Å². The first-order valence-corrected chi connectivity index (χ1v) is 16.4. The molecule has 4 aromatic carbocycles. The van der Waals surface area contributed by atoms with Gasteiger partial charge in [-0.2, -0.15) is 0 Å². The summed E-state index contributed by atoms with van der Waals surface area (Å²) in [6.45, 7) is 9.23. The van der Waals surface area contributed by atoms with Crippen LogP contribution in [0.1, 0.15) is 37.8 Å². The van der Waals surface area contributed by atoms with Crippen molar-refractivity contribution in [3.8, 4) is 22.9 Å². The highest BCUT2D eigenvalue weighted by Gasteiger charge is 2.28. The third-order valence-electron chi connectivity index (χ3n) is 7.89. The monoisotopic (exact) mass is 636 g/mol. The molecule has 0 fully saturated rings.